The summed E-state index contributed by atoms with van der Waals surface area (Å²) in [6.07, 6.45) is 0. The molecule has 0 saturated carbocycles. The van der Waals surface area contributed by atoms with E-state index in [0.717, 1.165) is 7.05 Å². The standard InChI is InChI=1S/C19H19Cl2F3N4O3S/c1-10-13(8-25)16(12-4-3-11(20)7-14(12)21)17-15(26-10)9-28(18(17)29)6-5-27(2)32(30,31)19(22,23)24/h3-4,7H,5-6,8-9,25H2,1-2H3. The molecule has 0 saturated heterocycles. The largest absolute Gasteiger partial charge is 0.511 e. The third-order valence-corrected chi connectivity index (χ3v) is 7.35. The van der Waals surface area contributed by atoms with Crippen LogP contribution in [0.25, 0.3) is 11.1 Å². The van der Waals surface area contributed by atoms with E-state index in [1.807, 2.05) is 0 Å². The number of pyridine rings is 1. The molecule has 0 aliphatic carbocycles. The third kappa shape index (κ3) is 4.32. The van der Waals surface area contributed by atoms with Crippen molar-refractivity contribution < 1.29 is 26.4 Å². The summed E-state index contributed by atoms with van der Waals surface area (Å²) >= 11 is 12.4. The number of alkyl halides is 3. The molecule has 0 atom stereocenters. The predicted molar refractivity (Wildman–Crippen MR) is 115 cm³/mol. The van der Waals surface area contributed by atoms with Crippen LogP contribution in [0.15, 0.2) is 18.2 Å². The molecule has 0 bridgehead atoms. The molecule has 2 aromatic rings. The van der Waals surface area contributed by atoms with E-state index in [0.29, 0.717) is 38.1 Å². The Morgan fingerprint density at radius 1 is 1.25 bits per heavy atom. The van der Waals surface area contributed by atoms with Gasteiger partial charge < -0.3 is 10.6 Å². The Morgan fingerprint density at radius 2 is 1.91 bits per heavy atom. The lowest BCUT2D eigenvalue weighted by atomic mass is 9.93. The number of nitrogens with two attached hydrogens (primary N) is 1. The van der Waals surface area contributed by atoms with Crippen LogP contribution >= 0.6 is 23.2 Å². The van der Waals surface area contributed by atoms with Gasteiger partial charge in [-0.05, 0) is 24.6 Å². The number of hydrogen-bond donors (Lipinski definition) is 1. The third-order valence-electron chi connectivity index (χ3n) is 5.21. The highest BCUT2D eigenvalue weighted by atomic mass is 35.5. The number of nitrogens with zero attached hydrogens (tertiary/aromatic N) is 3. The molecule has 1 amide bonds. The van der Waals surface area contributed by atoms with Gasteiger partial charge in [0.1, 0.15) is 0 Å². The average Bonchev–Trinajstić information content (AvgIpc) is 2.99. The van der Waals surface area contributed by atoms with E-state index in [2.05, 4.69) is 4.98 Å². The molecule has 174 valence electrons. The van der Waals surface area contributed by atoms with Crippen molar-refractivity contribution in [1.29, 1.82) is 0 Å². The fourth-order valence-corrected chi connectivity index (χ4v) is 4.71. The Balaban J connectivity index is 1.98. The molecular weight excluding hydrogens is 492 g/mol. The molecule has 32 heavy (non-hydrogen) atoms. The average molecular weight is 511 g/mol. The smallest absolute Gasteiger partial charge is 0.331 e. The first-order valence-electron chi connectivity index (χ1n) is 9.29. The fourth-order valence-electron chi connectivity index (χ4n) is 3.54. The Labute approximate surface area is 193 Å². The van der Waals surface area contributed by atoms with Crippen LogP contribution in [0, 0.1) is 6.92 Å². The van der Waals surface area contributed by atoms with Crippen LogP contribution < -0.4 is 5.73 Å². The zero-order valence-electron chi connectivity index (χ0n) is 17.0. The monoisotopic (exact) mass is 510 g/mol. The number of aromatic nitrogens is 1. The van der Waals surface area contributed by atoms with Crippen molar-refractivity contribution in [3.05, 3.63) is 50.8 Å². The van der Waals surface area contributed by atoms with Gasteiger partial charge in [-0.2, -0.15) is 17.5 Å². The number of halogens is 5. The highest BCUT2D eigenvalue weighted by Crippen LogP contribution is 2.39. The van der Waals surface area contributed by atoms with Crippen LogP contribution in [-0.4, -0.2) is 54.2 Å². The van der Waals surface area contributed by atoms with E-state index in [1.54, 1.807) is 19.1 Å². The minimum atomic E-state index is -5.50. The first-order chi connectivity index (χ1) is 14.8. The number of fused-ring (bicyclic) bond motifs is 1. The number of benzene rings is 1. The summed E-state index contributed by atoms with van der Waals surface area (Å²) in [5, 5.41) is 0.694. The normalized spacial score (nSPS) is 14.4. The molecule has 1 aliphatic heterocycles. The van der Waals surface area contributed by atoms with Crippen LogP contribution in [0.2, 0.25) is 10.0 Å². The van der Waals surface area contributed by atoms with Gasteiger partial charge >= 0.3 is 15.5 Å². The lowest BCUT2D eigenvalue weighted by molar-refractivity contribution is -0.0483. The van der Waals surface area contributed by atoms with E-state index in [4.69, 9.17) is 28.9 Å². The number of rotatable bonds is 6. The van der Waals surface area contributed by atoms with Crippen LogP contribution in [0.5, 0.6) is 0 Å². The zero-order valence-corrected chi connectivity index (χ0v) is 19.3. The molecule has 0 unspecified atom stereocenters. The molecule has 1 aromatic carbocycles. The molecule has 2 heterocycles. The molecule has 0 radical (unpaired) electrons. The second-order valence-electron chi connectivity index (χ2n) is 7.20. The molecule has 1 aromatic heterocycles. The van der Waals surface area contributed by atoms with Crippen molar-refractivity contribution in [2.75, 3.05) is 20.1 Å². The Kier molecular flexibility index (Phi) is 6.79. The van der Waals surface area contributed by atoms with Gasteiger partial charge in [-0.25, -0.2) is 8.42 Å². The topological polar surface area (TPSA) is 96.6 Å². The summed E-state index contributed by atoms with van der Waals surface area (Å²) in [7, 11) is -4.69. The highest BCUT2D eigenvalue weighted by molar-refractivity contribution is 7.89. The first kappa shape index (κ1) is 24.7. The molecule has 1 aliphatic rings. The van der Waals surface area contributed by atoms with Gasteiger partial charge in [0.25, 0.3) is 5.91 Å². The lowest BCUT2D eigenvalue weighted by Gasteiger charge is -2.22. The molecular formula is C19H19Cl2F3N4O3S. The highest BCUT2D eigenvalue weighted by Gasteiger charge is 2.48. The van der Waals surface area contributed by atoms with Crippen LogP contribution in [0.1, 0.15) is 27.3 Å². The molecule has 13 heteroatoms. The number of carbonyl (C=O) groups is 1. The van der Waals surface area contributed by atoms with Gasteiger partial charge in [-0.1, -0.05) is 29.3 Å². The van der Waals surface area contributed by atoms with E-state index in [9.17, 15) is 26.4 Å². The number of amides is 1. The number of sulfonamides is 1. The van der Waals surface area contributed by atoms with Gasteiger partial charge in [-0.3, -0.25) is 9.78 Å². The maximum Gasteiger partial charge on any atom is 0.511 e. The quantitative estimate of drug-likeness (QED) is 0.640. The van der Waals surface area contributed by atoms with Crippen LogP contribution in [0.3, 0.4) is 0 Å². The Morgan fingerprint density at radius 3 is 2.47 bits per heavy atom. The van der Waals surface area contributed by atoms with E-state index < -0.39 is 28.0 Å². The summed E-state index contributed by atoms with van der Waals surface area (Å²) in [6.45, 7) is 1.01. The first-order valence-corrected chi connectivity index (χ1v) is 11.5. The van der Waals surface area contributed by atoms with Crippen molar-refractivity contribution in [3.63, 3.8) is 0 Å². The summed E-state index contributed by atoms with van der Waals surface area (Å²) in [4.78, 5) is 18.9. The van der Waals surface area contributed by atoms with E-state index >= 15 is 0 Å². The molecule has 7 nitrogen and oxygen atoms in total. The van der Waals surface area contributed by atoms with Gasteiger partial charge in [0.15, 0.2) is 0 Å². The van der Waals surface area contributed by atoms with Crippen molar-refractivity contribution in [1.82, 2.24) is 14.2 Å². The van der Waals surface area contributed by atoms with Gasteiger partial charge in [0.05, 0.1) is 17.8 Å². The van der Waals surface area contributed by atoms with Gasteiger partial charge in [-0.15, -0.1) is 0 Å². The van der Waals surface area contributed by atoms with Crippen LogP contribution in [-0.2, 0) is 23.1 Å². The van der Waals surface area contributed by atoms with Gasteiger partial charge in [0, 0.05) is 53.5 Å². The van der Waals surface area contributed by atoms with Crippen molar-refractivity contribution in [2.24, 2.45) is 5.73 Å². The van der Waals surface area contributed by atoms with E-state index in [1.165, 1.54) is 11.0 Å². The zero-order chi connectivity index (χ0) is 24.0. The minimum Gasteiger partial charge on any atom is -0.331 e. The summed E-state index contributed by atoms with van der Waals surface area (Å²) in [6, 6.07) is 4.78. The number of aryl methyl sites for hydroxylation is 1. The summed E-state index contributed by atoms with van der Waals surface area (Å²) in [5.41, 5.74) is 3.32. The van der Waals surface area contributed by atoms with Crippen molar-refractivity contribution in [2.45, 2.75) is 25.5 Å². The SMILES string of the molecule is Cc1nc2c(c(-c3ccc(Cl)cc3Cl)c1CN)C(=O)N(CCN(C)S(=O)(=O)C(F)(F)F)C2. The number of hydrogen-bond acceptors (Lipinski definition) is 5. The second kappa shape index (κ2) is 8.79. The minimum absolute atomic E-state index is 0.0119. The number of carbonyl (C=O) groups excluding carboxylic acids is 1. The fraction of sp³-hybridized carbons (Fsp3) is 0.368. The molecule has 0 fully saturated rings. The Bertz CT molecular complexity index is 1190. The van der Waals surface area contributed by atoms with Crippen molar-refractivity contribution >= 4 is 39.1 Å². The van der Waals surface area contributed by atoms with E-state index in [-0.39, 0.29) is 29.5 Å². The molecule has 2 N–H and O–H groups in total. The second-order valence-corrected chi connectivity index (χ2v) is 10.1. The predicted octanol–water partition coefficient (Wildman–Crippen LogP) is 3.56. The maximum absolute atomic E-state index is 13.2. The lowest BCUT2D eigenvalue weighted by Crippen LogP contribution is -2.42. The van der Waals surface area contributed by atoms with Crippen molar-refractivity contribution in [3.8, 4) is 11.1 Å². The summed E-state index contributed by atoms with van der Waals surface area (Å²) < 4.78 is 61.5. The Hall–Kier alpha value is -1.92. The maximum atomic E-state index is 13.2. The molecule has 0 spiro atoms. The van der Waals surface area contributed by atoms with Crippen LogP contribution in [0.4, 0.5) is 13.2 Å². The summed E-state index contributed by atoms with van der Waals surface area (Å²) in [5.74, 6) is -0.499. The van der Waals surface area contributed by atoms with Gasteiger partial charge in [0.2, 0.25) is 0 Å². The molecule has 3 rings (SSSR count). The number of likely N-dealkylation sites (N-methyl/N-ethyl adjacent to an activating group) is 1.